The second-order valence-corrected chi connectivity index (χ2v) is 5.06. The second kappa shape index (κ2) is 7.81. The third-order valence-electron chi connectivity index (χ3n) is 3.61. The predicted octanol–water partition coefficient (Wildman–Crippen LogP) is 3.69. The molecule has 1 unspecified atom stereocenters. The van der Waals surface area contributed by atoms with Gasteiger partial charge in [0.05, 0.1) is 20.3 Å². The lowest BCUT2D eigenvalue weighted by Gasteiger charge is -2.15. The summed E-state index contributed by atoms with van der Waals surface area (Å²) in [5.41, 5.74) is 3.49. The summed E-state index contributed by atoms with van der Waals surface area (Å²) in [6.07, 6.45) is 0. The van der Waals surface area contributed by atoms with Gasteiger partial charge < -0.3 is 14.8 Å². The smallest absolute Gasteiger partial charge is 0.124 e. The van der Waals surface area contributed by atoms with Crippen LogP contribution in [0.3, 0.4) is 0 Å². The third kappa shape index (κ3) is 4.31. The van der Waals surface area contributed by atoms with E-state index in [0.29, 0.717) is 19.3 Å². The van der Waals surface area contributed by atoms with Crippen LogP contribution in [0.5, 0.6) is 5.75 Å². The fourth-order valence-corrected chi connectivity index (χ4v) is 2.20. The highest BCUT2D eigenvalue weighted by molar-refractivity contribution is 5.38. The Labute approximate surface area is 126 Å². The number of methoxy groups -OCH3 is 1. The fourth-order valence-electron chi connectivity index (χ4n) is 2.20. The Morgan fingerprint density at radius 1 is 1.05 bits per heavy atom. The van der Waals surface area contributed by atoms with Crippen molar-refractivity contribution in [2.75, 3.05) is 14.2 Å². The minimum atomic E-state index is 0.309. The van der Waals surface area contributed by atoms with Crippen molar-refractivity contribution in [1.82, 2.24) is 5.32 Å². The summed E-state index contributed by atoms with van der Waals surface area (Å²) in [7, 11) is 3.65. The van der Waals surface area contributed by atoms with E-state index in [4.69, 9.17) is 9.47 Å². The summed E-state index contributed by atoms with van der Waals surface area (Å²) in [5, 5.41) is 3.25. The summed E-state index contributed by atoms with van der Waals surface area (Å²) in [5.74, 6) is 0.870. The quantitative estimate of drug-likeness (QED) is 0.841. The first-order valence-corrected chi connectivity index (χ1v) is 7.20. The topological polar surface area (TPSA) is 30.5 Å². The normalized spacial score (nSPS) is 12.1. The molecule has 2 aromatic carbocycles. The van der Waals surface area contributed by atoms with Crippen molar-refractivity contribution in [2.45, 2.75) is 26.2 Å². The molecule has 21 heavy (non-hydrogen) atoms. The highest BCUT2D eigenvalue weighted by Gasteiger charge is 2.08. The van der Waals surface area contributed by atoms with Gasteiger partial charge in [-0.2, -0.15) is 0 Å². The molecule has 1 N–H and O–H groups in total. The van der Waals surface area contributed by atoms with Crippen molar-refractivity contribution in [1.29, 1.82) is 0 Å². The molecule has 0 radical (unpaired) electrons. The van der Waals surface area contributed by atoms with Crippen LogP contribution in [0.25, 0.3) is 0 Å². The third-order valence-corrected chi connectivity index (χ3v) is 3.61. The Hall–Kier alpha value is -1.84. The summed E-state index contributed by atoms with van der Waals surface area (Å²) in [6, 6.07) is 16.7. The van der Waals surface area contributed by atoms with Crippen LogP contribution in [0.15, 0.2) is 48.5 Å². The monoisotopic (exact) mass is 285 g/mol. The molecule has 0 amide bonds. The van der Waals surface area contributed by atoms with E-state index in [9.17, 15) is 0 Å². The van der Waals surface area contributed by atoms with Gasteiger partial charge in [-0.15, -0.1) is 0 Å². The molecule has 1 atom stereocenters. The van der Waals surface area contributed by atoms with E-state index in [0.717, 1.165) is 11.3 Å². The van der Waals surface area contributed by atoms with E-state index in [-0.39, 0.29) is 0 Å². The highest BCUT2D eigenvalue weighted by atomic mass is 16.5. The molecule has 0 saturated heterocycles. The molecule has 0 heterocycles. The van der Waals surface area contributed by atoms with Crippen LogP contribution in [0.2, 0.25) is 0 Å². The molecular weight excluding hydrogens is 262 g/mol. The molecule has 0 spiro atoms. The lowest BCUT2D eigenvalue weighted by Crippen LogP contribution is -2.12. The van der Waals surface area contributed by atoms with Gasteiger partial charge >= 0.3 is 0 Å². The number of hydrogen-bond acceptors (Lipinski definition) is 3. The summed E-state index contributed by atoms with van der Waals surface area (Å²) >= 11 is 0. The molecule has 0 bridgehead atoms. The maximum Gasteiger partial charge on any atom is 0.124 e. The van der Waals surface area contributed by atoms with E-state index in [1.54, 1.807) is 7.11 Å². The van der Waals surface area contributed by atoms with Crippen LogP contribution >= 0.6 is 0 Å². The minimum Gasteiger partial charge on any atom is -0.496 e. The van der Waals surface area contributed by atoms with E-state index in [2.05, 4.69) is 36.5 Å². The Kier molecular flexibility index (Phi) is 5.78. The molecule has 3 nitrogen and oxygen atoms in total. The molecule has 0 aliphatic carbocycles. The number of nitrogens with one attached hydrogen (secondary N) is 1. The first-order chi connectivity index (χ1) is 10.2. The molecule has 112 valence electrons. The van der Waals surface area contributed by atoms with Gasteiger partial charge in [-0.1, -0.05) is 36.4 Å². The first-order valence-electron chi connectivity index (χ1n) is 7.20. The molecule has 2 aromatic rings. The Bertz CT molecular complexity index is 554. The van der Waals surface area contributed by atoms with Crippen molar-refractivity contribution in [2.24, 2.45) is 0 Å². The molecule has 3 heteroatoms. The molecule has 0 fully saturated rings. The van der Waals surface area contributed by atoms with Gasteiger partial charge in [0.2, 0.25) is 0 Å². The SMILES string of the molecule is CNC(C)c1ccc(OC)c(COCc2ccccc2)c1. The summed E-state index contributed by atoms with van der Waals surface area (Å²) < 4.78 is 11.2. The van der Waals surface area contributed by atoms with Gasteiger partial charge in [0, 0.05) is 11.6 Å². The molecule has 0 aliphatic rings. The van der Waals surface area contributed by atoms with E-state index in [1.165, 1.54) is 11.1 Å². The average Bonchev–Trinajstić information content (AvgIpc) is 2.55. The van der Waals surface area contributed by atoms with E-state index >= 15 is 0 Å². The molecule has 2 rings (SSSR count). The lowest BCUT2D eigenvalue weighted by molar-refractivity contribution is 0.105. The molecule has 0 aliphatic heterocycles. The standard InChI is InChI=1S/C18H23NO2/c1-14(19-2)16-9-10-18(20-3)17(11-16)13-21-12-15-7-5-4-6-8-15/h4-11,14,19H,12-13H2,1-3H3. The maximum absolute atomic E-state index is 5.82. The summed E-state index contributed by atoms with van der Waals surface area (Å²) in [6.45, 7) is 3.29. The molecule has 0 aromatic heterocycles. The van der Waals surface area contributed by atoms with Crippen molar-refractivity contribution in [3.05, 3.63) is 65.2 Å². The van der Waals surface area contributed by atoms with E-state index in [1.807, 2.05) is 31.3 Å². The van der Waals surface area contributed by atoms with Crippen molar-refractivity contribution in [3.8, 4) is 5.75 Å². The van der Waals surface area contributed by atoms with Crippen LogP contribution in [0, 0.1) is 0 Å². The Morgan fingerprint density at radius 3 is 2.48 bits per heavy atom. The predicted molar refractivity (Wildman–Crippen MR) is 85.4 cm³/mol. The maximum atomic E-state index is 5.82. The first kappa shape index (κ1) is 15.5. The zero-order valence-corrected chi connectivity index (χ0v) is 12.9. The van der Waals surface area contributed by atoms with Crippen LogP contribution in [0.4, 0.5) is 0 Å². The van der Waals surface area contributed by atoms with Gasteiger partial charge in [-0.3, -0.25) is 0 Å². The van der Waals surface area contributed by atoms with Crippen LogP contribution < -0.4 is 10.1 Å². The van der Waals surface area contributed by atoms with Gasteiger partial charge in [-0.25, -0.2) is 0 Å². The van der Waals surface area contributed by atoms with Crippen molar-refractivity contribution in [3.63, 3.8) is 0 Å². The number of ether oxygens (including phenoxy) is 2. The largest absolute Gasteiger partial charge is 0.496 e. The average molecular weight is 285 g/mol. The van der Waals surface area contributed by atoms with Crippen LogP contribution in [-0.4, -0.2) is 14.2 Å². The van der Waals surface area contributed by atoms with Crippen LogP contribution in [0.1, 0.15) is 29.7 Å². The number of rotatable bonds is 7. The highest BCUT2D eigenvalue weighted by Crippen LogP contribution is 2.24. The molecular formula is C18H23NO2. The zero-order valence-electron chi connectivity index (χ0n) is 12.9. The zero-order chi connectivity index (χ0) is 15.1. The lowest BCUT2D eigenvalue weighted by atomic mass is 10.0. The minimum absolute atomic E-state index is 0.309. The molecule has 0 saturated carbocycles. The van der Waals surface area contributed by atoms with Crippen LogP contribution in [-0.2, 0) is 18.0 Å². The summed E-state index contributed by atoms with van der Waals surface area (Å²) in [4.78, 5) is 0. The van der Waals surface area contributed by atoms with Gasteiger partial charge in [0.25, 0.3) is 0 Å². The fraction of sp³-hybridized carbons (Fsp3) is 0.333. The van der Waals surface area contributed by atoms with Gasteiger partial charge in [0.1, 0.15) is 5.75 Å². The van der Waals surface area contributed by atoms with Crippen molar-refractivity contribution >= 4 is 0 Å². The Balaban J connectivity index is 2.03. The van der Waals surface area contributed by atoms with Gasteiger partial charge in [0.15, 0.2) is 0 Å². The van der Waals surface area contributed by atoms with E-state index < -0.39 is 0 Å². The number of hydrogen-bond donors (Lipinski definition) is 1. The van der Waals surface area contributed by atoms with Crippen molar-refractivity contribution < 1.29 is 9.47 Å². The second-order valence-electron chi connectivity index (χ2n) is 5.06. The Morgan fingerprint density at radius 2 is 1.81 bits per heavy atom. The number of benzene rings is 2. The van der Waals surface area contributed by atoms with Gasteiger partial charge in [-0.05, 0) is 37.2 Å².